The van der Waals surface area contributed by atoms with Crippen LogP contribution in [0.25, 0.3) is 5.53 Å². The zero-order chi connectivity index (χ0) is 10.6. The third-order valence-electron chi connectivity index (χ3n) is 1.45. The smallest absolute Gasteiger partial charge is 0.361 e. The van der Waals surface area contributed by atoms with Crippen molar-refractivity contribution in [2.24, 2.45) is 0 Å². The molecule has 0 amide bonds. The molecular weight excluding hydrogens is 204 g/mol. The summed E-state index contributed by atoms with van der Waals surface area (Å²) in [5.74, 6) is 0. The molecule has 0 aliphatic heterocycles. The van der Waals surface area contributed by atoms with Crippen LogP contribution in [0.1, 0.15) is 10.4 Å². The molecule has 0 heterocycles. The van der Waals surface area contributed by atoms with Crippen LogP contribution in [0.3, 0.4) is 0 Å². The summed E-state index contributed by atoms with van der Waals surface area (Å²) < 4.78 is 22.1. The van der Waals surface area contributed by atoms with Crippen LogP contribution in [-0.4, -0.2) is 23.9 Å². The highest BCUT2D eigenvalue weighted by Gasteiger charge is 2.25. The van der Waals surface area contributed by atoms with Crippen molar-refractivity contribution in [2.75, 3.05) is 0 Å². The van der Waals surface area contributed by atoms with Gasteiger partial charge in [-0.2, -0.15) is 4.79 Å². The Labute approximate surface area is 80.5 Å². The molecule has 0 N–H and O–H groups in total. The molecule has 14 heavy (non-hydrogen) atoms. The summed E-state index contributed by atoms with van der Waals surface area (Å²) in [5, 5.41) is -1.09. The molecule has 0 spiro atoms. The Morgan fingerprint density at radius 1 is 1.29 bits per heavy atom. The molecule has 0 aliphatic rings. The fourth-order valence-corrected chi connectivity index (χ4v) is 1.53. The number of hydrogen-bond donors (Lipinski definition) is 0. The van der Waals surface area contributed by atoms with E-state index in [-0.39, 0.29) is 11.1 Å². The Kier molecular flexibility index (Phi) is 2.91. The topological polar surface area (TPSA) is 87.6 Å². The number of rotatable bonds is 2. The largest absolute Gasteiger partial charge is 0.378 e. The number of hydrogen-bond acceptors (Lipinski definition) is 3. The van der Waals surface area contributed by atoms with E-state index in [0.717, 1.165) is 0 Å². The van der Waals surface area contributed by atoms with E-state index in [1.807, 2.05) is 0 Å². The highest BCUT2D eigenvalue weighted by atomic mass is 32.2. The van der Waals surface area contributed by atoms with Gasteiger partial charge < -0.3 is 5.53 Å². The maximum absolute atomic E-state index is 11.3. The van der Waals surface area contributed by atoms with Crippen LogP contribution in [0.4, 0.5) is 0 Å². The van der Waals surface area contributed by atoms with Crippen LogP contribution in [0.5, 0.6) is 0 Å². The second kappa shape index (κ2) is 3.95. The molecule has 6 heteroatoms. The minimum absolute atomic E-state index is 0.0346. The normalized spacial score (nSPS) is 10.3. The summed E-state index contributed by atoms with van der Waals surface area (Å²) in [5.41, 5.74) is 8.28. The fourth-order valence-electron chi connectivity index (χ4n) is 0.848. The summed E-state index contributed by atoms with van der Waals surface area (Å²) in [6.07, 6.45) is 0. The number of carbonyl (C=O) groups is 1. The Hall–Kier alpha value is -1.78. The van der Waals surface area contributed by atoms with Gasteiger partial charge in [0.1, 0.15) is 0 Å². The van der Waals surface area contributed by atoms with E-state index in [4.69, 9.17) is 5.53 Å². The molecule has 0 radical (unpaired) electrons. The van der Waals surface area contributed by atoms with Gasteiger partial charge in [-0.05, 0) is 0 Å². The molecule has 1 aromatic rings. The fraction of sp³-hybridized carbons (Fsp3) is 0. The molecule has 72 valence electrons. The summed E-state index contributed by atoms with van der Waals surface area (Å²) >= 11 is 0. The summed E-state index contributed by atoms with van der Waals surface area (Å²) in [7, 11) is -4.14. The second-order valence-corrected chi connectivity index (χ2v) is 4.09. The van der Waals surface area contributed by atoms with Crippen molar-refractivity contribution < 1.29 is 18.0 Å². The molecule has 0 atom stereocenters. The van der Waals surface area contributed by atoms with Gasteiger partial charge in [0, 0.05) is 5.56 Å². The lowest BCUT2D eigenvalue weighted by Gasteiger charge is -1.93. The lowest BCUT2D eigenvalue weighted by molar-refractivity contribution is 0.00759. The van der Waals surface area contributed by atoms with Crippen molar-refractivity contribution in [3.63, 3.8) is 0 Å². The van der Waals surface area contributed by atoms with E-state index in [1.54, 1.807) is 18.2 Å². The van der Waals surface area contributed by atoms with Crippen LogP contribution >= 0.6 is 0 Å². The van der Waals surface area contributed by atoms with E-state index in [2.05, 4.69) is 4.79 Å². The van der Waals surface area contributed by atoms with Gasteiger partial charge in [0.05, 0.1) is 0 Å². The van der Waals surface area contributed by atoms with Gasteiger partial charge >= 0.3 is 15.4 Å². The van der Waals surface area contributed by atoms with Gasteiger partial charge in [-0.3, -0.25) is 4.79 Å². The zero-order valence-corrected chi connectivity index (χ0v) is 7.81. The first-order valence-electron chi connectivity index (χ1n) is 3.60. The van der Waals surface area contributed by atoms with Gasteiger partial charge in [0.2, 0.25) is 0 Å². The van der Waals surface area contributed by atoms with Crippen molar-refractivity contribution in [3.05, 3.63) is 41.4 Å². The van der Waals surface area contributed by atoms with Crippen molar-refractivity contribution in [2.45, 2.75) is 0 Å². The number of benzene rings is 1. The molecule has 0 aliphatic carbocycles. The first kappa shape index (κ1) is 10.3. The van der Waals surface area contributed by atoms with Gasteiger partial charge in [0.15, 0.2) is 0 Å². The number of nitrogens with zero attached hydrogens (tertiary/aromatic N) is 2. The summed E-state index contributed by atoms with van der Waals surface area (Å²) in [6.45, 7) is 0. The van der Waals surface area contributed by atoms with Crippen LogP contribution in [0, 0.1) is 0 Å². The molecule has 0 saturated carbocycles. The third kappa shape index (κ3) is 2.12. The first-order valence-corrected chi connectivity index (χ1v) is 5.14. The standard InChI is InChI=1S/C8H6N2O3S/c9-10-6-14(12,13)8(11)7-4-2-1-3-5-7/h1-6H. The highest BCUT2D eigenvalue weighted by Crippen LogP contribution is 2.04. The van der Waals surface area contributed by atoms with Crippen LogP contribution < -0.4 is 0 Å². The molecule has 0 fully saturated rings. The average Bonchev–Trinajstić information content (AvgIpc) is 2.18. The van der Waals surface area contributed by atoms with Gasteiger partial charge in [-0.15, -0.1) is 0 Å². The van der Waals surface area contributed by atoms with Crippen LogP contribution in [0.2, 0.25) is 0 Å². The maximum Gasteiger partial charge on any atom is 0.378 e. The van der Waals surface area contributed by atoms with Gasteiger partial charge in [-0.25, -0.2) is 8.42 Å². The van der Waals surface area contributed by atoms with Crippen molar-refractivity contribution in [1.82, 2.24) is 0 Å². The van der Waals surface area contributed by atoms with Crippen molar-refractivity contribution in [3.8, 4) is 0 Å². The van der Waals surface area contributed by atoms with Crippen LogP contribution in [-0.2, 0) is 9.84 Å². The molecule has 5 nitrogen and oxygen atoms in total. The zero-order valence-electron chi connectivity index (χ0n) is 6.99. The lowest BCUT2D eigenvalue weighted by atomic mass is 10.2. The van der Waals surface area contributed by atoms with Crippen molar-refractivity contribution in [1.29, 1.82) is 0 Å². The summed E-state index contributed by atoms with van der Waals surface area (Å²) in [4.78, 5) is 13.6. The third-order valence-corrected chi connectivity index (χ3v) is 2.58. The molecule has 1 aromatic carbocycles. The monoisotopic (exact) mass is 210 g/mol. The first-order chi connectivity index (χ1) is 6.58. The van der Waals surface area contributed by atoms with Crippen LogP contribution in [0.15, 0.2) is 30.3 Å². The average molecular weight is 210 g/mol. The molecule has 1 rings (SSSR count). The van der Waals surface area contributed by atoms with Gasteiger partial charge in [-0.1, -0.05) is 30.3 Å². The van der Waals surface area contributed by atoms with E-state index in [9.17, 15) is 13.2 Å². The number of carbonyl (C=O) groups excluding carboxylic acids is 1. The van der Waals surface area contributed by atoms with E-state index < -0.39 is 15.0 Å². The Balaban J connectivity index is 3.16. The maximum atomic E-state index is 11.3. The highest BCUT2D eigenvalue weighted by molar-refractivity contribution is 8.17. The second-order valence-electron chi connectivity index (χ2n) is 2.42. The minimum Gasteiger partial charge on any atom is -0.361 e. The molecule has 0 bridgehead atoms. The van der Waals surface area contributed by atoms with E-state index >= 15 is 0 Å². The van der Waals surface area contributed by atoms with E-state index in [0.29, 0.717) is 0 Å². The van der Waals surface area contributed by atoms with Gasteiger partial charge in [0.25, 0.3) is 5.12 Å². The Morgan fingerprint density at radius 3 is 2.36 bits per heavy atom. The molecule has 0 unspecified atom stereocenters. The predicted octanol–water partition coefficient (Wildman–Crippen LogP) is 0.500. The van der Waals surface area contributed by atoms with E-state index in [1.165, 1.54) is 12.1 Å². The summed E-state index contributed by atoms with van der Waals surface area (Å²) in [6, 6.07) is 7.47. The SMILES string of the molecule is [N-]=[N+]=CS(=O)(=O)C(=O)c1ccccc1. The Morgan fingerprint density at radius 2 is 1.86 bits per heavy atom. The molecule has 0 saturated heterocycles. The molecule has 0 aromatic heterocycles. The van der Waals surface area contributed by atoms with Crippen molar-refractivity contribution >= 4 is 20.5 Å². The Bertz CT molecular complexity index is 487. The minimum atomic E-state index is -4.14. The predicted molar refractivity (Wildman–Crippen MR) is 49.4 cm³/mol. The quantitative estimate of drug-likeness (QED) is 0.308. The number of sulfone groups is 1. The lowest BCUT2D eigenvalue weighted by Crippen LogP contribution is -2.15. The molecular formula is C8H6N2O3S.